The minimum absolute atomic E-state index is 0. The van der Waals surface area contributed by atoms with Crippen molar-refractivity contribution in [2.75, 3.05) is 0 Å². The molecule has 0 aromatic heterocycles. The van der Waals surface area contributed by atoms with Crippen LogP contribution in [-0.2, 0) is 4.74 Å². The third kappa shape index (κ3) is 2.15. The summed E-state index contributed by atoms with van der Waals surface area (Å²) < 4.78 is 4.30. The molecule has 86 valence electrons. The van der Waals surface area contributed by atoms with Crippen LogP contribution in [0.5, 0.6) is 0 Å². The van der Waals surface area contributed by atoms with E-state index in [0.29, 0.717) is 0 Å². The fraction of sp³-hybridized carbons (Fsp3) is 0. The highest BCUT2D eigenvalue weighted by Gasteiger charge is 2.30. The number of rotatable bonds is 1. The van der Waals surface area contributed by atoms with Crippen LogP contribution in [0.2, 0.25) is 0 Å². The topological polar surface area (TPSA) is 80.7 Å². The van der Waals surface area contributed by atoms with Gasteiger partial charge in [0.15, 0.2) is 0 Å². The normalized spacial score (nSPS) is 12.0. The van der Waals surface area contributed by atoms with Gasteiger partial charge in [0.25, 0.3) is 0 Å². The molecule has 0 saturated heterocycles. The lowest BCUT2D eigenvalue weighted by molar-refractivity contribution is 0.0443. The van der Waals surface area contributed by atoms with E-state index in [1.807, 2.05) is 0 Å². The zero-order valence-corrected chi connectivity index (χ0v) is 9.26. The first-order chi connectivity index (χ1) is 6.59. The van der Waals surface area contributed by atoms with E-state index < -0.39 is 17.9 Å². The van der Waals surface area contributed by atoms with Gasteiger partial charge >= 0.3 is 17.9 Å². The Hall–Kier alpha value is -1.59. The van der Waals surface area contributed by atoms with Crippen LogP contribution in [-0.4, -0.2) is 23.0 Å². The standard InChI is InChI=1S/C9H4O5.2ClH/c10-7(11)4-1-2-5-6(3-4)9(13)14-8(5)12;;/h1-3H,(H,10,11);2*1H. The van der Waals surface area contributed by atoms with Crippen LogP contribution in [0.3, 0.4) is 0 Å². The van der Waals surface area contributed by atoms with Gasteiger partial charge in [-0.3, -0.25) is 0 Å². The van der Waals surface area contributed by atoms with Crippen LogP contribution in [0.1, 0.15) is 31.1 Å². The molecular weight excluding hydrogens is 259 g/mol. The fourth-order valence-corrected chi connectivity index (χ4v) is 1.22. The smallest absolute Gasteiger partial charge is 0.346 e. The van der Waals surface area contributed by atoms with Gasteiger partial charge in [-0.1, -0.05) is 0 Å². The molecule has 1 aliphatic heterocycles. The molecule has 0 aliphatic carbocycles. The lowest BCUT2D eigenvalue weighted by atomic mass is 10.1. The molecule has 0 atom stereocenters. The highest BCUT2D eigenvalue weighted by atomic mass is 35.5. The van der Waals surface area contributed by atoms with E-state index in [1.54, 1.807) is 0 Å². The molecule has 16 heavy (non-hydrogen) atoms. The molecule has 0 fully saturated rings. The summed E-state index contributed by atoms with van der Waals surface area (Å²) in [6, 6.07) is 3.65. The Kier molecular flexibility index (Phi) is 4.47. The van der Waals surface area contributed by atoms with Crippen LogP contribution >= 0.6 is 24.8 Å². The van der Waals surface area contributed by atoms with E-state index in [2.05, 4.69) is 4.74 Å². The van der Waals surface area contributed by atoms with E-state index in [1.165, 1.54) is 12.1 Å². The number of carbonyl (C=O) groups excluding carboxylic acids is 2. The number of carbonyl (C=O) groups is 3. The molecule has 1 heterocycles. The van der Waals surface area contributed by atoms with Gasteiger partial charge in [0, 0.05) is 0 Å². The number of carboxylic acids is 1. The van der Waals surface area contributed by atoms with Gasteiger partial charge < -0.3 is 9.84 Å². The molecule has 0 unspecified atom stereocenters. The van der Waals surface area contributed by atoms with Crippen LogP contribution in [0.4, 0.5) is 0 Å². The van der Waals surface area contributed by atoms with Crippen molar-refractivity contribution in [3.05, 3.63) is 34.9 Å². The van der Waals surface area contributed by atoms with Crippen LogP contribution in [0.25, 0.3) is 0 Å². The maximum absolute atomic E-state index is 11.0. The first kappa shape index (κ1) is 14.4. The summed E-state index contributed by atoms with van der Waals surface area (Å²) >= 11 is 0. The molecule has 1 aliphatic rings. The van der Waals surface area contributed by atoms with E-state index in [-0.39, 0.29) is 41.5 Å². The minimum atomic E-state index is -1.15. The first-order valence-electron chi connectivity index (χ1n) is 3.73. The molecule has 1 aromatic rings. The number of esters is 2. The third-order valence-corrected chi connectivity index (χ3v) is 1.89. The molecule has 2 rings (SSSR count). The Labute approximate surface area is 102 Å². The molecule has 5 nitrogen and oxygen atoms in total. The second-order valence-corrected chi connectivity index (χ2v) is 2.74. The number of hydrogen-bond donors (Lipinski definition) is 1. The van der Waals surface area contributed by atoms with Crippen molar-refractivity contribution >= 4 is 42.7 Å². The maximum atomic E-state index is 11.0. The number of cyclic esters (lactones) is 2. The number of fused-ring (bicyclic) bond motifs is 1. The number of benzene rings is 1. The zero-order chi connectivity index (χ0) is 10.3. The molecule has 7 heteroatoms. The van der Waals surface area contributed by atoms with Gasteiger partial charge in [0.2, 0.25) is 0 Å². The predicted molar refractivity (Wildman–Crippen MR) is 57.6 cm³/mol. The fourth-order valence-electron chi connectivity index (χ4n) is 1.22. The van der Waals surface area contributed by atoms with Crippen molar-refractivity contribution in [3.63, 3.8) is 0 Å². The van der Waals surface area contributed by atoms with E-state index >= 15 is 0 Å². The Morgan fingerprint density at radius 3 is 2.19 bits per heavy atom. The molecule has 1 N–H and O–H groups in total. The third-order valence-electron chi connectivity index (χ3n) is 1.89. The average Bonchev–Trinajstić information content (AvgIpc) is 2.42. The number of halogens is 2. The number of aromatic carboxylic acids is 1. The Morgan fingerprint density at radius 2 is 1.62 bits per heavy atom. The zero-order valence-electron chi connectivity index (χ0n) is 7.63. The minimum Gasteiger partial charge on any atom is -0.478 e. The summed E-state index contributed by atoms with van der Waals surface area (Å²) in [4.78, 5) is 32.5. The van der Waals surface area contributed by atoms with Crippen LogP contribution in [0, 0.1) is 0 Å². The van der Waals surface area contributed by atoms with Crippen LogP contribution < -0.4 is 0 Å². The van der Waals surface area contributed by atoms with Crippen LogP contribution in [0.15, 0.2) is 18.2 Å². The largest absolute Gasteiger partial charge is 0.478 e. The summed E-state index contributed by atoms with van der Waals surface area (Å²) in [5.74, 6) is -2.69. The molecule has 0 radical (unpaired) electrons. The Balaban J connectivity index is 0.00000112. The van der Waals surface area contributed by atoms with Crippen molar-refractivity contribution < 1.29 is 24.2 Å². The van der Waals surface area contributed by atoms with Gasteiger partial charge in [-0.15, -0.1) is 24.8 Å². The Bertz CT molecular complexity index is 469. The van der Waals surface area contributed by atoms with Crippen molar-refractivity contribution in [2.24, 2.45) is 0 Å². The molecule has 0 spiro atoms. The summed E-state index contributed by atoms with van der Waals surface area (Å²) in [6.45, 7) is 0. The van der Waals surface area contributed by atoms with Crippen molar-refractivity contribution in [1.82, 2.24) is 0 Å². The van der Waals surface area contributed by atoms with Gasteiger partial charge in [0.05, 0.1) is 16.7 Å². The maximum Gasteiger partial charge on any atom is 0.346 e. The molecule has 1 aromatic carbocycles. The first-order valence-corrected chi connectivity index (χ1v) is 3.73. The molecule has 0 saturated carbocycles. The number of carboxylic acid groups (broad SMARTS) is 1. The highest BCUT2D eigenvalue weighted by Crippen LogP contribution is 2.20. The van der Waals surface area contributed by atoms with Gasteiger partial charge in [-0.2, -0.15) is 0 Å². The van der Waals surface area contributed by atoms with Gasteiger partial charge in [-0.25, -0.2) is 14.4 Å². The van der Waals surface area contributed by atoms with E-state index in [4.69, 9.17) is 5.11 Å². The van der Waals surface area contributed by atoms with Gasteiger partial charge in [0.1, 0.15) is 0 Å². The van der Waals surface area contributed by atoms with Crippen molar-refractivity contribution in [2.45, 2.75) is 0 Å². The van der Waals surface area contributed by atoms with Crippen molar-refractivity contribution in [1.29, 1.82) is 0 Å². The second-order valence-electron chi connectivity index (χ2n) is 2.74. The summed E-state index contributed by atoms with van der Waals surface area (Å²) in [5.41, 5.74) is 0.0744. The quantitative estimate of drug-likeness (QED) is 0.615. The summed E-state index contributed by atoms with van der Waals surface area (Å²) in [7, 11) is 0. The number of ether oxygens (including phenoxy) is 1. The highest BCUT2D eigenvalue weighted by molar-refractivity contribution is 6.15. The van der Waals surface area contributed by atoms with E-state index in [9.17, 15) is 14.4 Å². The van der Waals surface area contributed by atoms with Crippen molar-refractivity contribution in [3.8, 4) is 0 Å². The second kappa shape index (κ2) is 4.96. The molecule has 0 amide bonds. The molecular formula is C9H6Cl2O5. The monoisotopic (exact) mass is 264 g/mol. The number of hydrogen-bond acceptors (Lipinski definition) is 4. The van der Waals surface area contributed by atoms with Gasteiger partial charge in [-0.05, 0) is 18.2 Å². The summed E-state index contributed by atoms with van der Waals surface area (Å²) in [5, 5.41) is 8.63. The lowest BCUT2D eigenvalue weighted by Gasteiger charge is -1.94. The summed E-state index contributed by atoms with van der Waals surface area (Å²) in [6.07, 6.45) is 0. The SMILES string of the molecule is Cl.Cl.O=C(O)c1ccc2c(c1)C(=O)OC2=O. The van der Waals surface area contributed by atoms with E-state index in [0.717, 1.165) is 6.07 Å². The predicted octanol–water partition coefficient (Wildman–Crippen LogP) is 1.54. The Morgan fingerprint density at radius 1 is 1.06 bits per heavy atom. The molecule has 0 bridgehead atoms. The lowest BCUT2D eigenvalue weighted by Crippen LogP contribution is -2.00. The average molecular weight is 265 g/mol.